The fourth-order valence-electron chi connectivity index (χ4n) is 4.41. The van der Waals surface area contributed by atoms with Gasteiger partial charge in [-0.2, -0.15) is 4.98 Å². The van der Waals surface area contributed by atoms with Crippen molar-refractivity contribution in [2.45, 2.75) is 49.2 Å². The molecule has 0 bridgehead atoms. The van der Waals surface area contributed by atoms with E-state index in [1.165, 1.54) is 16.7 Å². The van der Waals surface area contributed by atoms with E-state index in [2.05, 4.69) is 42.4 Å². The van der Waals surface area contributed by atoms with Crippen molar-refractivity contribution in [1.82, 2.24) is 19.6 Å². The minimum absolute atomic E-state index is 0.106. The van der Waals surface area contributed by atoms with Crippen LogP contribution >= 0.6 is 23.4 Å². The third-order valence-corrected chi connectivity index (χ3v) is 8.09. The summed E-state index contributed by atoms with van der Waals surface area (Å²) in [5.74, 6) is 1.88. The first-order valence-electron chi connectivity index (χ1n) is 11.4. The van der Waals surface area contributed by atoms with Crippen molar-refractivity contribution in [2.75, 3.05) is 42.3 Å². The van der Waals surface area contributed by atoms with Gasteiger partial charge in [0, 0.05) is 48.1 Å². The standard InChI is InChI=1S/C22H31ClN6O3S2/c1-34(31,32)28-19-5-3-2-4-18(19)26-21-17(23)13-24-22(27-21)25-16-6-7-20-15(12-16)14-29(8-10-30)9-11-33-20/h6-7,12-13,18-19,28,30H,2-5,8-11,14H2,1H3,(H2,24,25,26,27)/t18-,19-/m1/s1. The molecule has 1 aliphatic heterocycles. The minimum Gasteiger partial charge on any atom is -0.395 e. The molecule has 2 aromatic rings. The lowest BCUT2D eigenvalue weighted by atomic mass is 9.91. The number of nitrogens with one attached hydrogen (secondary N) is 3. The molecule has 1 aromatic heterocycles. The maximum Gasteiger partial charge on any atom is 0.229 e. The SMILES string of the molecule is CS(=O)(=O)N[C@@H]1CCCC[C@H]1Nc1nc(Nc2ccc3c(c2)CN(CCO)CCS3)ncc1Cl. The lowest BCUT2D eigenvalue weighted by molar-refractivity contribution is 0.198. The summed E-state index contributed by atoms with van der Waals surface area (Å²) in [6.45, 7) is 2.52. The van der Waals surface area contributed by atoms with Gasteiger partial charge in [-0.15, -0.1) is 11.8 Å². The molecule has 4 rings (SSSR count). The largest absolute Gasteiger partial charge is 0.395 e. The summed E-state index contributed by atoms with van der Waals surface area (Å²) < 4.78 is 26.3. The number of hydrogen-bond acceptors (Lipinski definition) is 9. The number of halogens is 1. The highest BCUT2D eigenvalue weighted by molar-refractivity contribution is 7.99. The summed E-state index contributed by atoms with van der Waals surface area (Å²) in [7, 11) is -3.31. The van der Waals surface area contributed by atoms with Crippen LogP contribution in [0.2, 0.25) is 5.02 Å². The van der Waals surface area contributed by atoms with E-state index in [0.717, 1.165) is 50.2 Å². The van der Waals surface area contributed by atoms with Crippen LogP contribution in [0.3, 0.4) is 0 Å². The zero-order valence-electron chi connectivity index (χ0n) is 19.1. The first-order valence-corrected chi connectivity index (χ1v) is 14.7. The molecule has 0 saturated heterocycles. The van der Waals surface area contributed by atoms with Crippen molar-refractivity contribution in [3.8, 4) is 0 Å². The van der Waals surface area contributed by atoms with Gasteiger partial charge in [0.25, 0.3) is 0 Å². The van der Waals surface area contributed by atoms with E-state index in [1.54, 1.807) is 6.20 Å². The maximum atomic E-state index is 11.8. The van der Waals surface area contributed by atoms with Crippen molar-refractivity contribution < 1.29 is 13.5 Å². The van der Waals surface area contributed by atoms with Crippen LogP contribution < -0.4 is 15.4 Å². The molecule has 4 N–H and O–H groups in total. The number of aliphatic hydroxyl groups excluding tert-OH is 1. The number of sulfonamides is 1. The van der Waals surface area contributed by atoms with Crippen LogP contribution in [0.1, 0.15) is 31.2 Å². The molecule has 1 fully saturated rings. The van der Waals surface area contributed by atoms with Gasteiger partial charge in [0.15, 0.2) is 5.82 Å². The van der Waals surface area contributed by atoms with Crippen molar-refractivity contribution in [1.29, 1.82) is 0 Å². The zero-order valence-corrected chi connectivity index (χ0v) is 21.5. The minimum atomic E-state index is -3.31. The van der Waals surface area contributed by atoms with Crippen LogP contribution in [0.5, 0.6) is 0 Å². The highest BCUT2D eigenvalue weighted by Crippen LogP contribution is 2.31. The van der Waals surface area contributed by atoms with Crippen LogP contribution in [0.25, 0.3) is 0 Å². The molecule has 186 valence electrons. The number of nitrogens with zero attached hydrogens (tertiary/aromatic N) is 3. The normalized spacial score (nSPS) is 21.5. The molecule has 34 heavy (non-hydrogen) atoms. The molecular formula is C22H31ClN6O3S2. The molecule has 2 atom stereocenters. The number of rotatable bonds is 8. The van der Waals surface area contributed by atoms with Gasteiger partial charge in [0.1, 0.15) is 5.02 Å². The summed E-state index contributed by atoms with van der Waals surface area (Å²) in [4.78, 5) is 12.4. The number of aliphatic hydroxyl groups is 1. The second kappa shape index (κ2) is 11.4. The van der Waals surface area contributed by atoms with Crippen molar-refractivity contribution in [3.63, 3.8) is 0 Å². The zero-order chi connectivity index (χ0) is 24.1. The van der Waals surface area contributed by atoms with Gasteiger partial charge in [-0.05, 0) is 36.6 Å². The summed E-state index contributed by atoms with van der Waals surface area (Å²) in [5, 5.41) is 16.3. The quantitative estimate of drug-likeness (QED) is 0.411. The Bertz CT molecular complexity index is 1100. The lowest BCUT2D eigenvalue weighted by Gasteiger charge is -2.32. The number of β-amino-alcohol motifs (C(OH)–C–C–N with tert-alkyl or cyclic N) is 1. The van der Waals surface area contributed by atoms with Gasteiger partial charge in [0.05, 0.1) is 19.1 Å². The van der Waals surface area contributed by atoms with Gasteiger partial charge in [-0.25, -0.2) is 18.1 Å². The van der Waals surface area contributed by atoms with Crippen LogP contribution in [-0.4, -0.2) is 72.2 Å². The fraction of sp³-hybridized carbons (Fsp3) is 0.545. The van der Waals surface area contributed by atoms with Gasteiger partial charge in [-0.3, -0.25) is 4.90 Å². The fourth-order valence-corrected chi connectivity index (χ4v) is 6.43. The average Bonchev–Trinajstić information content (AvgIpc) is 2.98. The van der Waals surface area contributed by atoms with Crippen LogP contribution in [-0.2, 0) is 16.6 Å². The molecule has 0 radical (unpaired) electrons. The predicted octanol–water partition coefficient (Wildman–Crippen LogP) is 3.05. The summed E-state index contributed by atoms with van der Waals surface area (Å²) in [5.41, 5.74) is 2.07. The van der Waals surface area contributed by atoms with Crippen molar-refractivity contribution in [3.05, 3.63) is 35.0 Å². The Morgan fingerprint density at radius 1 is 1.26 bits per heavy atom. The highest BCUT2D eigenvalue weighted by atomic mass is 35.5. The molecule has 2 aliphatic rings. The molecule has 0 unspecified atom stereocenters. The van der Waals surface area contributed by atoms with E-state index in [4.69, 9.17) is 11.6 Å². The Morgan fingerprint density at radius 3 is 2.82 bits per heavy atom. The second-order valence-corrected chi connectivity index (χ2v) is 12.0. The number of aromatic nitrogens is 2. The Kier molecular flexibility index (Phi) is 8.54. The Labute approximate surface area is 210 Å². The molecular weight excluding hydrogens is 496 g/mol. The van der Waals surface area contributed by atoms with E-state index in [0.29, 0.717) is 23.3 Å². The number of benzene rings is 1. The van der Waals surface area contributed by atoms with Crippen molar-refractivity contribution >= 4 is 50.8 Å². The van der Waals surface area contributed by atoms with E-state index in [9.17, 15) is 13.5 Å². The van der Waals surface area contributed by atoms with Crippen LogP contribution in [0.15, 0.2) is 29.3 Å². The van der Waals surface area contributed by atoms with E-state index in [-0.39, 0.29) is 18.7 Å². The number of thioether (sulfide) groups is 1. The molecule has 12 heteroatoms. The first kappa shape index (κ1) is 25.5. The number of anilines is 3. The third-order valence-electron chi connectivity index (χ3n) is 5.99. The lowest BCUT2D eigenvalue weighted by Crippen LogP contribution is -2.48. The molecule has 0 amide bonds. The summed E-state index contributed by atoms with van der Waals surface area (Å²) in [6, 6.07) is 5.88. The third kappa shape index (κ3) is 6.96. The summed E-state index contributed by atoms with van der Waals surface area (Å²) in [6.07, 6.45) is 6.29. The van der Waals surface area contributed by atoms with E-state index in [1.807, 2.05) is 17.8 Å². The molecule has 1 saturated carbocycles. The van der Waals surface area contributed by atoms with Gasteiger partial charge in [-0.1, -0.05) is 24.4 Å². The van der Waals surface area contributed by atoms with Crippen molar-refractivity contribution in [2.24, 2.45) is 0 Å². The molecule has 1 aliphatic carbocycles. The highest BCUT2D eigenvalue weighted by Gasteiger charge is 2.28. The van der Waals surface area contributed by atoms with Crippen LogP contribution in [0.4, 0.5) is 17.5 Å². The topological polar surface area (TPSA) is 119 Å². The Balaban J connectivity index is 1.49. The van der Waals surface area contributed by atoms with Gasteiger partial charge in [0.2, 0.25) is 16.0 Å². The Hall–Kier alpha value is -1.63. The number of fused-ring (bicyclic) bond motifs is 1. The average molecular weight is 527 g/mol. The summed E-state index contributed by atoms with van der Waals surface area (Å²) >= 11 is 8.20. The molecule has 2 heterocycles. The van der Waals surface area contributed by atoms with Crippen LogP contribution in [0, 0.1) is 0 Å². The Morgan fingerprint density at radius 2 is 2.06 bits per heavy atom. The van der Waals surface area contributed by atoms with E-state index >= 15 is 0 Å². The van der Waals surface area contributed by atoms with Gasteiger partial charge < -0.3 is 15.7 Å². The molecule has 9 nitrogen and oxygen atoms in total. The smallest absolute Gasteiger partial charge is 0.229 e. The predicted molar refractivity (Wildman–Crippen MR) is 137 cm³/mol. The van der Waals surface area contributed by atoms with E-state index < -0.39 is 10.0 Å². The first-order chi connectivity index (χ1) is 16.3. The van der Waals surface area contributed by atoms with Gasteiger partial charge >= 0.3 is 0 Å². The number of hydrogen-bond donors (Lipinski definition) is 4. The monoisotopic (exact) mass is 526 g/mol. The molecule has 0 spiro atoms. The maximum absolute atomic E-state index is 11.8. The second-order valence-electron chi connectivity index (χ2n) is 8.72. The molecule has 1 aromatic carbocycles.